The molecule has 1 N–H and O–H groups in total. The van der Waals surface area contributed by atoms with E-state index in [2.05, 4.69) is 50.4 Å². The Morgan fingerprint density at radius 3 is 2.43 bits per heavy atom. The molecule has 0 saturated carbocycles. The van der Waals surface area contributed by atoms with Crippen LogP contribution in [0.25, 0.3) is 0 Å². The van der Waals surface area contributed by atoms with Gasteiger partial charge in [-0.05, 0) is 61.3 Å². The van der Waals surface area contributed by atoms with Crippen molar-refractivity contribution >= 4 is 17.5 Å². The van der Waals surface area contributed by atoms with Gasteiger partial charge in [0.15, 0.2) is 0 Å². The molecule has 0 bridgehead atoms. The van der Waals surface area contributed by atoms with Crippen LogP contribution in [0.1, 0.15) is 63.1 Å². The van der Waals surface area contributed by atoms with E-state index < -0.39 is 6.04 Å². The molecule has 2 unspecified atom stereocenters. The van der Waals surface area contributed by atoms with Gasteiger partial charge in [-0.1, -0.05) is 63.2 Å². The normalized spacial score (nSPS) is 17.2. The molecule has 1 aliphatic heterocycles. The number of hydrogen-bond acceptors (Lipinski definition) is 2. The molecule has 160 valence electrons. The van der Waals surface area contributed by atoms with Crippen molar-refractivity contribution < 1.29 is 9.59 Å². The van der Waals surface area contributed by atoms with Crippen molar-refractivity contribution in [2.75, 3.05) is 11.9 Å². The minimum Gasteiger partial charge on any atom is -0.330 e. The second-order valence-corrected chi connectivity index (χ2v) is 8.75. The van der Waals surface area contributed by atoms with Crippen LogP contribution in [0.5, 0.6) is 0 Å². The number of hydrogen-bond donors (Lipinski definition) is 1. The van der Waals surface area contributed by atoms with Gasteiger partial charge in [0.05, 0.1) is 5.92 Å². The first kappa shape index (κ1) is 22.1. The van der Waals surface area contributed by atoms with Gasteiger partial charge in [0.2, 0.25) is 11.8 Å². The van der Waals surface area contributed by atoms with Crippen LogP contribution in [0, 0.1) is 5.92 Å². The Kier molecular flexibility index (Phi) is 7.30. The Hall–Kier alpha value is -2.62. The van der Waals surface area contributed by atoms with Crippen LogP contribution in [-0.2, 0) is 22.4 Å². The minimum atomic E-state index is -0.398. The Bertz CT molecular complexity index is 873. The van der Waals surface area contributed by atoms with Crippen LogP contribution in [0.3, 0.4) is 0 Å². The van der Waals surface area contributed by atoms with Crippen molar-refractivity contribution in [2.45, 2.75) is 65.3 Å². The third-order valence-corrected chi connectivity index (χ3v) is 5.99. The summed E-state index contributed by atoms with van der Waals surface area (Å²) in [4.78, 5) is 28.0. The van der Waals surface area contributed by atoms with Crippen LogP contribution >= 0.6 is 0 Å². The molecule has 2 aromatic carbocycles. The average Bonchev–Trinajstić information content (AvgIpc) is 3.23. The number of nitrogens with one attached hydrogen (secondary N) is 1. The molecule has 0 radical (unpaired) electrons. The Morgan fingerprint density at radius 1 is 1.07 bits per heavy atom. The van der Waals surface area contributed by atoms with Crippen LogP contribution in [0.4, 0.5) is 5.69 Å². The van der Waals surface area contributed by atoms with Gasteiger partial charge in [-0.15, -0.1) is 0 Å². The molecule has 1 heterocycles. The summed E-state index contributed by atoms with van der Waals surface area (Å²) in [5.74, 6) is 0.306. The number of amides is 2. The van der Waals surface area contributed by atoms with E-state index in [9.17, 15) is 9.59 Å². The number of aryl methyl sites for hydroxylation is 1. The topological polar surface area (TPSA) is 49.4 Å². The van der Waals surface area contributed by atoms with Gasteiger partial charge in [0.1, 0.15) is 6.04 Å². The maximum absolute atomic E-state index is 13.2. The lowest BCUT2D eigenvalue weighted by Crippen LogP contribution is -2.44. The third kappa shape index (κ3) is 5.10. The van der Waals surface area contributed by atoms with Gasteiger partial charge in [0.25, 0.3) is 0 Å². The molecule has 4 nitrogen and oxygen atoms in total. The molecule has 1 saturated heterocycles. The minimum absolute atomic E-state index is 0.0352. The Labute approximate surface area is 180 Å². The molecule has 30 heavy (non-hydrogen) atoms. The van der Waals surface area contributed by atoms with Gasteiger partial charge in [-0.25, -0.2) is 0 Å². The molecule has 2 amide bonds. The highest BCUT2D eigenvalue weighted by molar-refractivity contribution is 5.98. The van der Waals surface area contributed by atoms with Crippen LogP contribution in [0.2, 0.25) is 0 Å². The van der Waals surface area contributed by atoms with Crippen LogP contribution in [-0.4, -0.2) is 29.3 Å². The zero-order valence-corrected chi connectivity index (χ0v) is 18.7. The summed E-state index contributed by atoms with van der Waals surface area (Å²) in [7, 11) is 0. The largest absolute Gasteiger partial charge is 0.330 e. The number of anilines is 1. The second-order valence-electron chi connectivity index (χ2n) is 8.75. The van der Waals surface area contributed by atoms with Gasteiger partial charge >= 0.3 is 0 Å². The second kappa shape index (κ2) is 9.92. The standard InChI is InChI=1S/C26H34N2O2/c1-5-21-9-6-7-10-23(21)27-25(29)24-11-8-16-28(24)26(30)19(4)22-14-12-20(13-15-22)17-18(2)3/h6-7,9-10,12-15,18-19,24H,5,8,11,16-17H2,1-4H3,(H,27,29). The summed E-state index contributed by atoms with van der Waals surface area (Å²) in [6, 6.07) is 15.8. The molecule has 2 atom stereocenters. The lowest BCUT2D eigenvalue weighted by atomic mass is 9.95. The molecule has 2 aromatic rings. The number of carbonyl (C=O) groups excluding carboxylic acids is 2. The highest BCUT2D eigenvalue weighted by Gasteiger charge is 2.36. The van der Waals surface area contributed by atoms with Gasteiger partial charge in [-0.2, -0.15) is 0 Å². The molecule has 0 aliphatic carbocycles. The highest BCUT2D eigenvalue weighted by atomic mass is 16.2. The Morgan fingerprint density at radius 2 is 1.77 bits per heavy atom. The zero-order valence-electron chi connectivity index (χ0n) is 18.7. The lowest BCUT2D eigenvalue weighted by Gasteiger charge is -2.27. The van der Waals surface area contributed by atoms with Crippen molar-refractivity contribution in [1.29, 1.82) is 0 Å². The summed E-state index contributed by atoms with van der Waals surface area (Å²) in [5.41, 5.74) is 4.26. The fourth-order valence-electron chi connectivity index (χ4n) is 4.27. The molecule has 1 fully saturated rings. The molecule has 3 rings (SSSR count). The number of para-hydroxylation sites is 1. The summed E-state index contributed by atoms with van der Waals surface area (Å²) in [5, 5.41) is 3.06. The maximum atomic E-state index is 13.2. The van der Waals surface area contributed by atoms with Crippen molar-refractivity contribution in [3.63, 3.8) is 0 Å². The van der Waals surface area contributed by atoms with E-state index in [1.54, 1.807) is 4.90 Å². The predicted molar refractivity (Wildman–Crippen MR) is 123 cm³/mol. The Balaban J connectivity index is 1.69. The average molecular weight is 407 g/mol. The van der Waals surface area contributed by atoms with E-state index in [0.717, 1.165) is 36.1 Å². The summed E-state index contributed by atoms with van der Waals surface area (Å²) in [6.45, 7) is 9.07. The van der Waals surface area contributed by atoms with E-state index in [0.29, 0.717) is 18.9 Å². The molecule has 0 aromatic heterocycles. The predicted octanol–water partition coefficient (Wildman–Crippen LogP) is 5.18. The first-order valence-electron chi connectivity index (χ1n) is 11.2. The molecule has 4 heteroatoms. The monoisotopic (exact) mass is 406 g/mol. The van der Waals surface area contributed by atoms with E-state index in [1.165, 1.54) is 5.56 Å². The quantitative estimate of drug-likeness (QED) is 0.689. The number of rotatable bonds is 7. The van der Waals surface area contributed by atoms with E-state index in [1.807, 2.05) is 31.2 Å². The third-order valence-electron chi connectivity index (χ3n) is 5.99. The van der Waals surface area contributed by atoms with E-state index in [4.69, 9.17) is 0 Å². The van der Waals surface area contributed by atoms with Gasteiger partial charge < -0.3 is 10.2 Å². The number of carbonyl (C=O) groups is 2. The van der Waals surface area contributed by atoms with Crippen molar-refractivity contribution in [1.82, 2.24) is 4.90 Å². The van der Waals surface area contributed by atoms with Crippen LogP contribution < -0.4 is 5.32 Å². The van der Waals surface area contributed by atoms with Gasteiger partial charge in [-0.3, -0.25) is 9.59 Å². The van der Waals surface area contributed by atoms with E-state index in [-0.39, 0.29) is 17.7 Å². The van der Waals surface area contributed by atoms with Crippen molar-refractivity contribution in [3.05, 3.63) is 65.2 Å². The number of likely N-dealkylation sites (tertiary alicyclic amines) is 1. The molecular weight excluding hydrogens is 372 g/mol. The fraction of sp³-hybridized carbons (Fsp3) is 0.462. The maximum Gasteiger partial charge on any atom is 0.247 e. The first-order chi connectivity index (χ1) is 14.4. The number of nitrogens with zero attached hydrogens (tertiary/aromatic N) is 1. The van der Waals surface area contributed by atoms with Gasteiger partial charge in [0, 0.05) is 12.2 Å². The van der Waals surface area contributed by atoms with Crippen LogP contribution in [0.15, 0.2) is 48.5 Å². The summed E-state index contributed by atoms with van der Waals surface area (Å²) >= 11 is 0. The van der Waals surface area contributed by atoms with Crippen molar-refractivity contribution in [3.8, 4) is 0 Å². The highest BCUT2D eigenvalue weighted by Crippen LogP contribution is 2.27. The summed E-state index contributed by atoms with van der Waals surface area (Å²) < 4.78 is 0. The van der Waals surface area contributed by atoms with E-state index >= 15 is 0 Å². The smallest absolute Gasteiger partial charge is 0.247 e. The summed E-state index contributed by atoms with van der Waals surface area (Å²) in [6.07, 6.45) is 3.47. The van der Waals surface area contributed by atoms with Crippen molar-refractivity contribution in [2.24, 2.45) is 5.92 Å². The SMILES string of the molecule is CCc1ccccc1NC(=O)C1CCCN1C(=O)C(C)c1ccc(CC(C)C)cc1. The molecule has 1 aliphatic rings. The molecular formula is C26H34N2O2. The molecule has 0 spiro atoms. The number of benzene rings is 2. The zero-order chi connectivity index (χ0) is 21.7. The lowest BCUT2D eigenvalue weighted by molar-refractivity contribution is -0.137. The first-order valence-corrected chi connectivity index (χ1v) is 11.2. The fourth-order valence-corrected chi connectivity index (χ4v) is 4.27.